The maximum atomic E-state index is 12.4. The van der Waals surface area contributed by atoms with E-state index in [1.807, 2.05) is 45.2 Å². The van der Waals surface area contributed by atoms with Gasteiger partial charge in [0.2, 0.25) is 0 Å². The Hall–Kier alpha value is -1.81. The molecule has 1 aromatic carbocycles. The third-order valence-corrected chi connectivity index (χ3v) is 3.44. The molecule has 2 aromatic rings. The van der Waals surface area contributed by atoms with Gasteiger partial charge in [-0.1, -0.05) is 18.2 Å². The summed E-state index contributed by atoms with van der Waals surface area (Å²) in [5.74, 6) is 0. The number of hydrogen-bond acceptors (Lipinski definition) is 3. The van der Waals surface area contributed by atoms with Crippen LogP contribution < -0.4 is 0 Å². The summed E-state index contributed by atoms with van der Waals surface area (Å²) in [6.07, 6.45) is 3.63. The van der Waals surface area contributed by atoms with E-state index in [4.69, 9.17) is 4.74 Å². The van der Waals surface area contributed by atoms with E-state index < -0.39 is 5.60 Å². The number of benzene rings is 1. The number of aryl methyl sites for hydroxylation is 1. The van der Waals surface area contributed by atoms with Crippen molar-refractivity contribution in [2.24, 2.45) is 0 Å². The second-order valence-electron chi connectivity index (χ2n) is 6.93. The van der Waals surface area contributed by atoms with Crippen molar-refractivity contribution >= 4 is 17.0 Å². The number of carbonyl (C=O) groups excluding carboxylic acids is 1. The molecule has 0 atom stereocenters. The number of carbonyl (C=O) groups is 1. The number of ether oxygens (including phenoxy) is 1. The zero-order chi connectivity index (χ0) is 16.3. The van der Waals surface area contributed by atoms with Crippen LogP contribution in [0.15, 0.2) is 30.5 Å². The minimum atomic E-state index is -0.493. The summed E-state index contributed by atoms with van der Waals surface area (Å²) in [6.45, 7) is 6.68. The fraction of sp³-hybridized carbons (Fsp3) is 0.500. The van der Waals surface area contributed by atoms with Gasteiger partial charge in [-0.15, -0.1) is 0 Å². The molecular formula is C18H26N2O2. The van der Waals surface area contributed by atoms with Crippen molar-refractivity contribution in [3.63, 3.8) is 0 Å². The molecule has 0 saturated carbocycles. The van der Waals surface area contributed by atoms with Gasteiger partial charge in [0, 0.05) is 11.6 Å². The summed E-state index contributed by atoms with van der Waals surface area (Å²) >= 11 is 0. The lowest BCUT2D eigenvalue weighted by Crippen LogP contribution is -2.26. The lowest BCUT2D eigenvalue weighted by Gasteiger charge is -2.19. The van der Waals surface area contributed by atoms with Gasteiger partial charge in [-0.05, 0) is 65.9 Å². The summed E-state index contributed by atoms with van der Waals surface area (Å²) in [5, 5.41) is 1.13. The smallest absolute Gasteiger partial charge is 0.419 e. The quantitative estimate of drug-likeness (QED) is 0.858. The molecular weight excluding hydrogens is 276 g/mol. The van der Waals surface area contributed by atoms with Gasteiger partial charge in [0.25, 0.3) is 0 Å². The van der Waals surface area contributed by atoms with Crippen LogP contribution in [0.1, 0.15) is 32.8 Å². The first-order valence-electron chi connectivity index (χ1n) is 7.75. The first-order valence-corrected chi connectivity index (χ1v) is 7.75. The van der Waals surface area contributed by atoms with E-state index in [9.17, 15) is 4.79 Å². The van der Waals surface area contributed by atoms with Crippen molar-refractivity contribution in [2.45, 2.75) is 39.2 Å². The van der Waals surface area contributed by atoms with E-state index in [0.717, 1.165) is 30.3 Å². The van der Waals surface area contributed by atoms with Crippen LogP contribution in [0.3, 0.4) is 0 Å². The molecule has 0 fully saturated rings. The monoisotopic (exact) mass is 302 g/mol. The predicted octanol–water partition coefficient (Wildman–Crippen LogP) is 3.92. The molecule has 4 heteroatoms. The van der Waals surface area contributed by atoms with E-state index in [1.165, 1.54) is 5.56 Å². The lowest BCUT2D eigenvalue weighted by atomic mass is 10.1. The molecule has 0 aliphatic heterocycles. The van der Waals surface area contributed by atoms with E-state index in [-0.39, 0.29) is 6.09 Å². The van der Waals surface area contributed by atoms with Gasteiger partial charge in [-0.25, -0.2) is 4.79 Å². The lowest BCUT2D eigenvalue weighted by molar-refractivity contribution is 0.0544. The van der Waals surface area contributed by atoms with Crippen molar-refractivity contribution in [1.82, 2.24) is 9.47 Å². The van der Waals surface area contributed by atoms with Gasteiger partial charge in [-0.2, -0.15) is 0 Å². The van der Waals surface area contributed by atoms with Crippen LogP contribution in [0, 0.1) is 0 Å². The highest BCUT2D eigenvalue weighted by Gasteiger charge is 2.20. The van der Waals surface area contributed by atoms with Gasteiger partial charge >= 0.3 is 6.09 Å². The number of rotatable bonds is 4. The summed E-state index contributed by atoms with van der Waals surface area (Å²) in [5.41, 5.74) is 1.62. The SMILES string of the molecule is CN(C)CCCc1cn(C(=O)OC(C)(C)C)c2ccccc12. The minimum absolute atomic E-state index is 0.317. The third kappa shape index (κ3) is 4.10. The molecule has 0 aliphatic carbocycles. The van der Waals surface area contributed by atoms with Crippen molar-refractivity contribution in [2.75, 3.05) is 20.6 Å². The Balaban J connectivity index is 2.29. The molecule has 22 heavy (non-hydrogen) atoms. The molecule has 0 bridgehead atoms. The number of aromatic nitrogens is 1. The Labute approximate surface area is 132 Å². The van der Waals surface area contributed by atoms with Crippen LogP contribution in [-0.2, 0) is 11.2 Å². The Morgan fingerprint density at radius 3 is 2.55 bits per heavy atom. The summed E-state index contributed by atoms with van der Waals surface area (Å²) in [6, 6.07) is 8.00. The minimum Gasteiger partial charge on any atom is -0.443 e. The third-order valence-electron chi connectivity index (χ3n) is 3.44. The first-order chi connectivity index (χ1) is 10.3. The Morgan fingerprint density at radius 1 is 1.23 bits per heavy atom. The number of hydrogen-bond donors (Lipinski definition) is 0. The summed E-state index contributed by atoms with van der Waals surface area (Å²) in [7, 11) is 4.15. The zero-order valence-corrected chi connectivity index (χ0v) is 14.2. The second kappa shape index (κ2) is 6.53. The van der Waals surface area contributed by atoms with Crippen molar-refractivity contribution in [3.8, 4) is 0 Å². The normalized spacial score (nSPS) is 12.1. The molecule has 1 aromatic heterocycles. The Bertz CT molecular complexity index is 651. The number of nitrogens with zero attached hydrogens (tertiary/aromatic N) is 2. The van der Waals surface area contributed by atoms with Gasteiger partial charge in [0.05, 0.1) is 5.52 Å². The fourth-order valence-corrected chi connectivity index (χ4v) is 2.50. The maximum absolute atomic E-state index is 12.4. The van der Waals surface area contributed by atoms with E-state index in [2.05, 4.69) is 25.1 Å². The van der Waals surface area contributed by atoms with Crippen LogP contribution >= 0.6 is 0 Å². The van der Waals surface area contributed by atoms with Crippen molar-refractivity contribution in [3.05, 3.63) is 36.0 Å². The largest absolute Gasteiger partial charge is 0.443 e. The average molecular weight is 302 g/mol. The Kier molecular flexibility index (Phi) is 4.91. The molecule has 0 radical (unpaired) electrons. The molecule has 4 nitrogen and oxygen atoms in total. The molecule has 0 saturated heterocycles. The highest BCUT2D eigenvalue weighted by Crippen LogP contribution is 2.23. The molecule has 1 heterocycles. The first kappa shape index (κ1) is 16.6. The number of fused-ring (bicyclic) bond motifs is 1. The van der Waals surface area contributed by atoms with E-state index in [1.54, 1.807) is 4.57 Å². The van der Waals surface area contributed by atoms with Gasteiger partial charge in [0.15, 0.2) is 0 Å². The topological polar surface area (TPSA) is 34.5 Å². The van der Waals surface area contributed by atoms with Crippen LogP contribution in [0.4, 0.5) is 4.79 Å². The van der Waals surface area contributed by atoms with Crippen LogP contribution in [0.5, 0.6) is 0 Å². The Morgan fingerprint density at radius 2 is 1.91 bits per heavy atom. The highest BCUT2D eigenvalue weighted by molar-refractivity contribution is 5.92. The van der Waals surface area contributed by atoms with E-state index in [0.29, 0.717) is 0 Å². The van der Waals surface area contributed by atoms with Gasteiger partial charge < -0.3 is 9.64 Å². The average Bonchev–Trinajstić information content (AvgIpc) is 2.76. The molecule has 0 N–H and O–H groups in total. The van der Waals surface area contributed by atoms with Crippen molar-refractivity contribution in [1.29, 1.82) is 0 Å². The molecule has 0 amide bonds. The molecule has 2 rings (SSSR count). The summed E-state index contributed by atoms with van der Waals surface area (Å²) < 4.78 is 7.13. The van der Waals surface area contributed by atoms with Crippen LogP contribution in [0.2, 0.25) is 0 Å². The second-order valence-corrected chi connectivity index (χ2v) is 6.93. The summed E-state index contributed by atoms with van der Waals surface area (Å²) in [4.78, 5) is 14.6. The van der Waals surface area contributed by atoms with Gasteiger partial charge in [-0.3, -0.25) is 4.57 Å². The van der Waals surface area contributed by atoms with Crippen LogP contribution in [0.25, 0.3) is 10.9 Å². The highest BCUT2D eigenvalue weighted by atomic mass is 16.6. The zero-order valence-electron chi connectivity index (χ0n) is 14.2. The maximum Gasteiger partial charge on any atom is 0.419 e. The standard InChI is InChI=1S/C18H26N2O2/c1-18(2,3)22-17(21)20-13-14(9-8-12-19(4)5)15-10-6-7-11-16(15)20/h6-7,10-11,13H,8-9,12H2,1-5H3. The van der Waals surface area contributed by atoms with E-state index >= 15 is 0 Å². The van der Waals surface area contributed by atoms with Crippen molar-refractivity contribution < 1.29 is 9.53 Å². The van der Waals surface area contributed by atoms with Crippen LogP contribution in [-0.4, -0.2) is 41.8 Å². The molecule has 0 unspecified atom stereocenters. The molecule has 120 valence electrons. The van der Waals surface area contributed by atoms with Gasteiger partial charge in [0.1, 0.15) is 5.60 Å². The fourth-order valence-electron chi connectivity index (χ4n) is 2.50. The predicted molar refractivity (Wildman–Crippen MR) is 90.4 cm³/mol. The molecule has 0 aliphatic rings. The molecule has 0 spiro atoms. The number of para-hydroxylation sites is 1.